The van der Waals surface area contributed by atoms with Crippen LogP contribution < -0.4 is 4.90 Å². The van der Waals surface area contributed by atoms with E-state index in [1.165, 1.54) is 79.6 Å². The summed E-state index contributed by atoms with van der Waals surface area (Å²) in [6, 6.07) is 27.1. The molecule has 0 amide bonds. The molecule has 0 bridgehead atoms. The third-order valence-electron chi connectivity index (χ3n) is 7.71. The number of unbranched alkanes of at least 4 members (excludes halogenated alkanes) is 4. The summed E-state index contributed by atoms with van der Waals surface area (Å²) in [6.45, 7) is 14.1. The van der Waals surface area contributed by atoms with Crippen LogP contribution in [0.2, 0.25) is 0 Å². The molecule has 0 heterocycles. The molecule has 0 aliphatic carbocycles. The molecule has 0 fully saturated rings. The Morgan fingerprint density at radius 2 is 0.861 bits per heavy atom. The third kappa shape index (κ3) is 7.48. The van der Waals surface area contributed by atoms with Crippen molar-refractivity contribution >= 4 is 33.0 Å². The standard InChI is InChI=1S/C34H46BrN/c1-7-9-11-25-33(3,4)27-13-19-30(20-14-27)36(32-23-17-29(35)18-24-32)31-21-15-28(16-22-31)34(5,6)26-12-10-8-2/h13-24H,7-12,25-26H2,1-6H3. The first-order chi connectivity index (χ1) is 17.2. The van der Waals surface area contributed by atoms with Crippen LogP contribution in [-0.2, 0) is 10.8 Å². The van der Waals surface area contributed by atoms with Crippen LogP contribution in [0.15, 0.2) is 77.3 Å². The van der Waals surface area contributed by atoms with E-state index in [-0.39, 0.29) is 10.8 Å². The number of hydrogen-bond acceptors (Lipinski definition) is 1. The third-order valence-corrected chi connectivity index (χ3v) is 8.24. The predicted molar refractivity (Wildman–Crippen MR) is 163 cm³/mol. The van der Waals surface area contributed by atoms with Crippen LogP contribution in [0.25, 0.3) is 0 Å². The maximum Gasteiger partial charge on any atom is 0.0462 e. The van der Waals surface area contributed by atoms with Crippen LogP contribution in [-0.4, -0.2) is 0 Å². The number of halogens is 1. The quantitative estimate of drug-likeness (QED) is 0.192. The van der Waals surface area contributed by atoms with Crippen molar-refractivity contribution in [1.29, 1.82) is 0 Å². The van der Waals surface area contributed by atoms with E-state index in [1.807, 2.05) is 0 Å². The molecule has 36 heavy (non-hydrogen) atoms. The molecule has 3 rings (SSSR count). The van der Waals surface area contributed by atoms with E-state index in [0.717, 1.165) is 4.47 Å². The van der Waals surface area contributed by atoms with Crippen LogP contribution in [0.1, 0.15) is 104 Å². The summed E-state index contributed by atoms with van der Waals surface area (Å²) in [5.41, 5.74) is 6.79. The van der Waals surface area contributed by atoms with Gasteiger partial charge in [-0.3, -0.25) is 0 Å². The summed E-state index contributed by atoms with van der Waals surface area (Å²) >= 11 is 3.60. The SMILES string of the molecule is CCCCCC(C)(C)c1ccc(N(c2ccc(Br)cc2)c2ccc(C(C)(C)CCCCC)cc2)cc1. The highest BCUT2D eigenvalue weighted by molar-refractivity contribution is 9.10. The topological polar surface area (TPSA) is 3.24 Å². The molecular weight excluding hydrogens is 502 g/mol. The van der Waals surface area contributed by atoms with Crippen LogP contribution in [0.4, 0.5) is 17.1 Å². The maximum atomic E-state index is 3.60. The molecule has 0 aromatic heterocycles. The number of anilines is 3. The zero-order chi connectivity index (χ0) is 26.2. The van der Waals surface area contributed by atoms with Gasteiger partial charge in [-0.25, -0.2) is 0 Å². The molecule has 3 aromatic carbocycles. The predicted octanol–water partition coefficient (Wildman–Crippen LogP) is 11.6. The second-order valence-corrected chi connectivity index (χ2v) is 12.5. The average molecular weight is 549 g/mol. The zero-order valence-corrected chi connectivity index (χ0v) is 25.0. The molecule has 2 heteroatoms. The second-order valence-electron chi connectivity index (χ2n) is 11.6. The zero-order valence-electron chi connectivity index (χ0n) is 23.4. The van der Waals surface area contributed by atoms with Crippen molar-refractivity contribution in [3.63, 3.8) is 0 Å². The highest BCUT2D eigenvalue weighted by Gasteiger charge is 2.22. The Balaban J connectivity index is 1.91. The fraction of sp³-hybridized carbons (Fsp3) is 0.471. The largest absolute Gasteiger partial charge is 0.311 e. The minimum absolute atomic E-state index is 0.196. The lowest BCUT2D eigenvalue weighted by Crippen LogP contribution is -2.18. The molecule has 0 unspecified atom stereocenters. The smallest absolute Gasteiger partial charge is 0.0462 e. The van der Waals surface area contributed by atoms with Crippen LogP contribution >= 0.6 is 15.9 Å². The van der Waals surface area contributed by atoms with E-state index in [1.54, 1.807) is 0 Å². The minimum atomic E-state index is 0.196. The maximum absolute atomic E-state index is 3.60. The van der Waals surface area contributed by atoms with Gasteiger partial charge in [-0.05, 0) is 83.3 Å². The number of hydrogen-bond donors (Lipinski definition) is 0. The van der Waals surface area contributed by atoms with Gasteiger partial charge in [0.15, 0.2) is 0 Å². The first-order valence-electron chi connectivity index (χ1n) is 13.9. The molecule has 0 radical (unpaired) electrons. The van der Waals surface area contributed by atoms with E-state index in [2.05, 4.69) is 135 Å². The molecular formula is C34H46BrN. The number of nitrogens with zero attached hydrogens (tertiary/aromatic N) is 1. The van der Waals surface area contributed by atoms with Gasteiger partial charge in [-0.2, -0.15) is 0 Å². The molecule has 3 aromatic rings. The first kappa shape index (κ1) is 28.5. The molecule has 194 valence electrons. The van der Waals surface area contributed by atoms with Crippen LogP contribution in [0.3, 0.4) is 0 Å². The molecule has 0 saturated carbocycles. The van der Waals surface area contributed by atoms with E-state index in [4.69, 9.17) is 0 Å². The van der Waals surface area contributed by atoms with Gasteiger partial charge < -0.3 is 4.90 Å². The lowest BCUT2D eigenvalue weighted by atomic mass is 9.80. The van der Waals surface area contributed by atoms with Crippen molar-refractivity contribution in [2.45, 2.75) is 104 Å². The Labute approximate surface area is 229 Å². The van der Waals surface area contributed by atoms with Crippen molar-refractivity contribution < 1.29 is 0 Å². The van der Waals surface area contributed by atoms with E-state index >= 15 is 0 Å². The van der Waals surface area contributed by atoms with Gasteiger partial charge in [0.2, 0.25) is 0 Å². The molecule has 0 aliphatic heterocycles. The summed E-state index contributed by atoms with van der Waals surface area (Å²) in [5.74, 6) is 0. The second kappa shape index (κ2) is 13.0. The van der Waals surface area contributed by atoms with Crippen molar-refractivity contribution in [2.24, 2.45) is 0 Å². The summed E-state index contributed by atoms with van der Waals surface area (Å²) in [6.07, 6.45) is 10.2. The van der Waals surface area contributed by atoms with Gasteiger partial charge in [0.25, 0.3) is 0 Å². The van der Waals surface area contributed by atoms with Gasteiger partial charge >= 0.3 is 0 Å². The van der Waals surface area contributed by atoms with Gasteiger partial charge in [0, 0.05) is 21.5 Å². The summed E-state index contributed by atoms with van der Waals surface area (Å²) in [4.78, 5) is 2.37. The molecule has 0 atom stereocenters. The van der Waals surface area contributed by atoms with Gasteiger partial charge in [0.1, 0.15) is 0 Å². The van der Waals surface area contributed by atoms with Crippen molar-refractivity contribution in [3.05, 3.63) is 88.4 Å². The molecule has 0 aliphatic rings. The Kier molecular flexibility index (Phi) is 10.3. The van der Waals surface area contributed by atoms with Gasteiger partial charge in [0.05, 0.1) is 0 Å². The summed E-state index contributed by atoms with van der Waals surface area (Å²) < 4.78 is 1.10. The Hall–Kier alpha value is -2.06. The average Bonchev–Trinajstić information content (AvgIpc) is 2.86. The Morgan fingerprint density at radius 3 is 1.19 bits per heavy atom. The minimum Gasteiger partial charge on any atom is -0.311 e. The van der Waals surface area contributed by atoms with Crippen molar-refractivity contribution in [1.82, 2.24) is 0 Å². The van der Waals surface area contributed by atoms with Gasteiger partial charge in [-0.1, -0.05) is 120 Å². The summed E-state index contributed by atoms with van der Waals surface area (Å²) in [7, 11) is 0. The van der Waals surface area contributed by atoms with E-state index in [9.17, 15) is 0 Å². The molecule has 0 spiro atoms. The van der Waals surface area contributed by atoms with Gasteiger partial charge in [-0.15, -0.1) is 0 Å². The first-order valence-corrected chi connectivity index (χ1v) is 14.7. The number of rotatable bonds is 13. The number of benzene rings is 3. The lowest BCUT2D eigenvalue weighted by Gasteiger charge is -2.30. The molecule has 0 N–H and O–H groups in total. The monoisotopic (exact) mass is 547 g/mol. The fourth-order valence-corrected chi connectivity index (χ4v) is 5.35. The molecule has 1 nitrogen and oxygen atoms in total. The van der Waals surface area contributed by atoms with Crippen molar-refractivity contribution in [2.75, 3.05) is 4.90 Å². The lowest BCUT2D eigenvalue weighted by molar-refractivity contribution is 0.450. The highest BCUT2D eigenvalue weighted by Crippen LogP contribution is 2.38. The van der Waals surface area contributed by atoms with E-state index in [0.29, 0.717) is 0 Å². The van der Waals surface area contributed by atoms with Crippen LogP contribution in [0, 0.1) is 0 Å². The van der Waals surface area contributed by atoms with E-state index < -0.39 is 0 Å². The van der Waals surface area contributed by atoms with Crippen molar-refractivity contribution in [3.8, 4) is 0 Å². The fourth-order valence-electron chi connectivity index (χ4n) is 5.08. The normalized spacial score (nSPS) is 12.1. The molecule has 0 saturated heterocycles. The van der Waals surface area contributed by atoms with Crippen LogP contribution in [0.5, 0.6) is 0 Å². The Bertz CT molecular complexity index is 980. The highest BCUT2D eigenvalue weighted by atomic mass is 79.9. The summed E-state index contributed by atoms with van der Waals surface area (Å²) in [5, 5.41) is 0. The Morgan fingerprint density at radius 1 is 0.528 bits per heavy atom.